The fourth-order valence-corrected chi connectivity index (χ4v) is 2.66. The molecular formula is C13H21BrN2O3. The molecule has 2 heterocycles. The Kier molecular flexibility index (Phi) is 4.40. The predicted molar refractivity (Wildman–Crippen MR) is 75.5 cm³/mol. The summed E-state index contributed by atoms with van der Waals surface area (Å²) in [7, 11) is 0. The number of nitrogens with one attached hydrogen (secondary N) is 1. The standard InChI is InChI=1S/C13H21BrN2O3/c1-13(2,3)18-12(17)16-6-4-9(5-7-16)10-8-11(14)15-19-10/h8-10,15H,4-7H2,1-3H3/t10-/m0/s1. The number of carbonyl (C=O) groups is 1. The number of rotatable bonds is 1. The van der Waals surface area contributed by atoms with E-state index in [0.29, 0.717) is 5.92 Å². The number of nitrogens with zero attached hydrogens (tertiary/aromatic N) is 1. The summed E-state index contributed by atoms with van der Waals surface area (Å²) in [5.41, 5.74) is 2.37. The number of hydroxylamine groups is 1. The Morgan fingerprint density at radius 1 is 1.47 bits per heavy atom. The Morgan fingerprint density at radius 2 is 2.11 bits per heavy atom. The lowest BCUT2D eigenvalue weighted by Crippen LogP contribution is -2.43. The zero-order valence-corrected chi connectivity index (χ0v) is 13.2. The molecule has 1 N–H and O–H groups in total. The van der Waals surface area contributed by atoms with Gasteiger partial charge in [0.25, 0.3) is 0 Å². The minimum atomic E-state index is -0.431. The average Bonchev–Trinajstić information content (AvgIpc) is 2.74. The third-order valence-corrected chi connectivity index (χ3v) is 3.69. The summed E-state index contributed by atoms with van der Waals surface area (Å²) < 4.78 is 6.26. The molecule has 108 valence electrons. The van der Waals surface area contributed by atoms with E-state index in [4.69, 9.17) is 9.57 Å². The lowest BCUT2D eigenvalue weighted by molar-refractivity contribution is -0.0153. The Bertz CT molecular complexity index is 371. The fraction of sp³-hybridized carbons (Fsp3) is 0.769. The number of piperidine rings is 1. The van der Waals surface area contributed by atoms with Crippen LogP contribution < -0.4 is 5.48 Å². The quantitative estimate of drug-likeness (QED) is 0.750. The Morgan fingerprint density at radius 3 is 2.58 bits per heavy atom. The van der Waals surface area contributed by atoms with Crippen molar-refractivity contribution in [3.05, 3.63) is 10.7 Å². The summed E-state index contributed by atoms with van der Waals surface area (Å²) in [6, 6.07) is 0. The molecule has 0 aromatic heterocycles. The third-order valence-electron chi connectivity index (χ3n) is 3.26. The number of amides is 1. The molecule has 6 heteroatoms. The van der Waals surface area contributed by atoms with Gasteiger partial charge in [-0.25, -0.2) is 4.79 Å². The van der Waals surface area contributed by atoms with Crippen LogP contribution in [0.3, 0.4) is 0 Å². The largest absolute Gasteiger partial charge is 0.444 e. The van der Waals surface area contributed by atoms with Gasteiger partial charge in [-0.2, -0.15) is 0 Å². The van der Waals surface area contributed by atoms with Crippen molar-refractivity contribution in [2.45, 2.75) is 45.3 Å². The topological polar surface area (TPSA) is 50.8 Å². The van der Waals surface area contributed by atoms with Gasteiger partial charge < -0.3 is 9.64 Å². The smallest absolute Gasteiger partial charge is 0.410 e. The van der Waals surface area contributed by atoms with Gasteiger partial charge in [-0.3, -0.25) is 10.3 Å². The molecule has 5 nitrogen and oxygen atoms in total. The van der Waals surface area contributed by atoms with E-state index in [0.717, 1.165) is 30.5 Å². The fourth-order valence-electron chi connectivity index (χ4n) is 2.31. The van der Waals surface area contributed by atoms with E-state index >= 15 is 0 Å². The van der Waals surface area contributed by atoms with Crippen LogP contribution in [0, 0.1) is 5.92 Å². The van der Waals surface area contributed by atoms with Gasteiger partial charge >= 0.3 is 6.09 Å². The van der Waals surface area contributed by atoms with Crippen molar-refractivity contribution in [2.24, 2.45) is 5.92 Å². The molecule has 2 aliphatic rings. The maximum Gasteiger partial charge on any atom is 0.410 e. The van der Waals surface area contributed by atoms with Crippen LogP contribution in [0.5, 0.6) is 0 Å². The Hall–Kier alpha value is -0.750. The molecule has 19 heavy (non-hydrogen) atoms. The highest BCUT2D eigenvalue weighted by Gasteiger charge is 2.32. The summed E-state index contributed by atoms with van der Waals surface area (Å²) in [6.45, 7) is 7.11. The minimum Gasteiger partial charge on any atom is -0.444 e. The van der Waals surface area contributed by atoms with Crippen LogP contribution in [0.15, 0.2) is 10.7 Å². The lowest BCUT2D eigenvalue weighted by atomic mass is 9.91. The van der Waals surface area contributed by atoms with Crippen molar-refractivity contribution in [2.75, 3.05) is 13.1 Å². The summed E-state index contributed by atoms with van der Waals surface area (Å²) in [5, 5.41) is 0. The first-order valence-electron chi connectivity index (χ1n) is 6.62. The Labute approximate surface area is 122 Å². The predicted octanol–water partition coefficient (Wildman–Crippen LogP) is 2.77. The van der Waals surface area contributed by atoms with Crippen molar-refractivity contribution < 1.29 is 14.4 Å². The third kappa shape index (κ3) is 4.11. The van der Waals surface area contributed by atoms with Gasteiger partial charge in [0, 0.05) is 13.1 Å². The molecule has 0 aromatic carbocycles. The van der Waals surface area contributed by atoms with Crippen LogP contribution in [-0.2, 0) is 9.57 Å². The van der Waals surface area contributed by atoms with E-state index < -0.39 is 5.60 Å². The van der Waals surface area contributed by atoms with E-state index in [1.807, 2.05) is 26.8 Å². The van der Waals surface area contributed by atoms with Gasteiger partial charge in [0.05, 0.1) is 0 Å². The van der Waals surface area contributed by atoms with E-state index in [1.165, 1.54) is 0 Å². The molecule has 1 saturated heterocycles. The second-order valence-corrected chi connectivity index (χ2v) is 6.86. The molecule has 2 rings (SSSR count). The van der Waals surface area contributed by atoms with Gasteiger partial charge in [-0.1, -0.05) is 0 Å². The molecule has 1 amide bonds. The second kappa shape index (κ2) is 5.71. The highest BCUT2D eigenvalue weighted by atomic mass is 79.9. The van der Waals surface area contributed by atoms with Gasteiger partial charge in [-0.15, -0.1) is 0 Å². The van der Waals surface area contributed by atoms with E-state index in [1.54, 1.807) is 4.90 Å². The number of carbonyl (C=O) groups excluding carboxylic acids is 1. The number of likely N-dealkylation sites (tertiary alicyclic amines) is 1. The van der Waals surface area contributed by atoms with Crippen LogP contribution in [0.2, 0.25) is 0 Å². The van der Waals surface area contributed by atoms with Gasteiger partial charge in [0.15, 0.2) is 0 Å². The van der Waals surface area contributed by atoms with E-state index in [2.05, 4.69) is 21.4 Å². The van der Waals surface area contributed by atoms with Gasteiger partial charge in [0.1, 0.15) is 16.3 Å². The zero-order chi connectivity index (χ0) is 14.0. The molecular weight excluding hydrogens is 312 g/mol. The van der Waals surface area contributed by atoms with Crippen molar-refractivity contribution >= 4 is 22.0 Å². The molecule has 0 aromatic rings. The van der Waals surface area contributed by atoms with E-state index in [-0.39, 0.29) is 12.2 Å². The first-order valence-corrected chi connectivity index (χ1v) is 7.41. The first kappa shape index (κ1) is 14.7. The van der Waals surface area contributed by atoms with Crippen molar-refractivity contribution in [1.82, 2.24) is 10.4 Å². The van der Waals surface area contributed by atoms with Crippen LogP contribution in [0.4, 0.5) is 4.79 Å². The van der Waals surface area contributed by atoms with Crippen molar-refractivity contribution in [1.29, 1.82) is 0 Å². The molecule has 1 fully saturated rings. The highest BCUT2D eigenvalue weighted by molar-refractivity contribution is 9.11. The summed E-state index contributed by atoms with van der Waals surface area (Å²) in [5.74, 6) is 0.446. The monoisotopic (exact) mass is 332 g/mol. The summed E-state index contributed by atoms with van der Waals surface area (Å²) >= 11 is 3.35. The molecule has 1 atom stereocenters. The molecule has 0 aliphatic carbocycles. The van der Waals surface area contributed by atoms with Crippen LogP contribution >= 0.6 is 15.9 Å². The van der Waals surface area contributed by atoms with Crippen LogP contribution in [0.25, 0.3) is 0 Å². The summed E-state index contributed by atoms with van der Waals surface area (Å²) in [6.07, 6.45) is 3.78. The van der Waals surface area contributed by atoms with Crippen molar-refractivity contribution in [3.8, 4) is 0 Å². The molecule has 0 unspecified atom stereocenters. The van der Waals surface area contributed by atoms with E-state index in [9.17, 15) is 4.79 Å². The molecule has 0 saturated carbocycles. The minimum absolute atomic E-state index is 0.0927. The SMILES string of the molecule is CC(C)(C)OC(=O)N1CCC([C@@H]2C=C(Br)NO2)CC1. The second-order valence-electron chi connectivity index (χ2n) is 6.00. The molecule has 0 radical (unpaired) electrons. The number of ether oxygens (including phenoxy) is 1. The Balaban J connectivity index is 1.81. The molecule has 0 bridgehead atoms. The van der Waals surface area contributed by atoms with Crippen molar-refractivity contribution in [3.63, 3.8) is 0 Å². The van der Waals surface area contributed by atoms with Crippen LogP contribution in [-0.4, -0.2) is 35.8 Å². The van der Waals surface area contributed by atoms with Gasteiger partial charge in [0.2, 0.25) is 0 Å². The zero-order valence-electron chi connectivity index (χ0n) is 11.6. The number of hydrogen-bond acceptors (Lipinski definition) is 4. The first-order chi connectivity index (χ1) is 8.85. The normalized spacial score (nSPS) is 24.9. The highest BCUT2D eigenvalue weighted by Crippen LogP contribution is 2.28. The van der Waals surface area contributed by atoms with Gasteiger partial charge in [-0.05, 0) is 61.5 Å². The molecule has 2 aliphatic heterocycles. The summed E-state index contributed by atoms with van der Waals surface area (Å²) in [4.78, 5) is 19.2. The maximum atomic E-state index is 11.9. The maximum absolute atomic E-state index is 11.9. The average molecular weight is 333 g/mol. The molecule has 0 spiro atoms. The lowest BCUT2D eigenvalue weighted by Gasteiger charge is -2.34. The number of halogens is 1. The number of hydrogen-bond donors (Lipinski definition) is 1. The van der Waals surface area contributed by atoms with Crippen LogP contribution in [0.1, 0.15) is 33.6 Å².